The third-order valence-corrected chi connectivity index (χ3v) is 6.60. The van der Waals surface area contributed by atoms with Crippen molar-refractivity contribution in [2.75, 3.05) is 13.7 Å². The summed E-state index contributed by atoms with van der Waals surface area (Å²) in [5, 5.41) is 3.56. The maximum Gasteiger partial charge on any atom is 0.253 e. The molecule has 1 N–H and O–H groups in total. The van der Waals surface area contributed by atoms with E-state index in [2.05, 4.69) is 37.4 Å². The molecule has 2 aliphatic rings. The van der Waals surface area contributed by atoms with Crippen LogP contribution in [0.15, 0.2) is 42.5 Å². The highest BCUT2D eigenvalue weighted by molar-refractivity contribution is 5.94. The Bertz CT molecular complexity index is 873. The first-order chi connectivity index (χ1) is 14.5. The average molecular weight is 407 g/mol. The number of carbonyl (C=O) groups is 1. The Kier molecular flexibility index (Phi) is 6.43. The van der Waals surface area contributed by atoms with E-state index in [1.165, 1.54) is 29.5 Å². The van der Waals surface area contributed by atoms with Gasteiger partial charge in [-0.1, -0.05) is 25.1 Å². The molecule has 160 valence electrons. The van der Waals surface area contributed by atoms with E-state index in [1.807, 2.05) is 36.2 Å². The van der Waals surface area contributed by atoms with Crippen molar-refractivity contribution >= 4 is 5.91 Å². The highest BCUT2D eigenvalue weighted by Gasteiger charge is 2.28. The zero-order chi connectivity index (χ0) is 21.1. The second kappa shape index (κ2) is 9.22. The number of nitrogens with one attached hydrogen (secondary N) is 1. The maximum absolute atomic E-state index is 13.0. The first kappa shape index (κ1) is 20.9. The highest BCUT2D eigenvalue weighted by atomic mass is 16.5. The summed E-state index contributed by atoms with van der Waals surface area (Å²) in [6.45, 7) is 6.11. The molecule has 1 amide bonds. The second-order valence-corrected chi connectivity index (χ2v) is 9.05. The number of likely N-dealkylation sites (N-methyl/N-ethyl adjacent to an activating group) is 1. The number of hydrogen-bond acceptors (Lipinski definition) is 3. The second-order valence-electron chi connectivity index (χ2n) is 9.05. The summed E-state index contributed by atoms with van der Waals surface area (Å²) in [5.74, 6) is 1.67. The third kappa shape index (κ3) is 5.04. The molecule has 2 atom stereocenters. The van der Waals surface area contributed by atoms with Gasteiger partial charge in [0.25, 0.3) is 5.91 Å². The Morgan fingerprint density at radius 2 is 1.87 bits per heavy atom. The lowest BCUT2D eigenvalue weighted by Gasteiger charge is -2.24. The third-order valence-electron chi connectivity index (χ3n) is 6.60. The van der Waals surface area contributed by atoms with Crippen LogP contribution in [0, 0.1) is 5.92 Å². The lowest BCUT2D eigenvalue weighted by Crippen LogP contribution is -2.37. The molecule has 0 aliphatic heterocycles. The molecule has 0 unspecified atom stereocenters. The maximum atomic E-state index is 13.0. The Balaban J connectivity index is 1.34. The standard InChI is InChI=1S/C26H34N2O2/c1-4-18(2)27-16-20-7-8-22-14-24(15-23(22)13-20)28(3)26(29)21-9-11-25(12-10-21)30-17-19-5-6-19/h7-13,18-19,24,27H,4-6,14-17H2,1-3H3/t18-,24+/m0/s1. The summed E-state index contributed by atoms with van der Waals surface area (Å²) in [5.41, 5.74) is 4.80. The van der Waals surface area contributed by atoms with Crippen LogP contribution >= 0.6 is 0 Å². The number of hydrogen-bond donors (Lipinski definition) is 1. The molecule has 1 fully saturated rings. The fourth-order valence-corrected chi connectivity index (χ4v) is 4.03. The van der Waals surface area contributed by atoms with E-state index in [9.17, 15) is 4.79 Å². The average Bonchev–Trinajstić information content (AvgIpc) is 3.51. The normalized spacial score (nSPS) is 18.7. The first-order valence-corrected chi connectivity index (χ1v) is 11.4. The van der Waals surface area contributed by atoms with Crippen LogP contribution in [0.3, 0.4) is 0 Å². The van der Waals surface area contributed by atoms with E-state index < -0.39 is 0 Å². The number of ether oxygens (including phenoxy) is 1. The SMILES string of the molecule is CC[C@H](C)NCc1ccc2c(c1)C[C@H](N(C)C(=O)c1ccc(OCC3CC3)cc1)C2. The van der Waals surface area contributed by atoms with Crippen LogP contribution in [0.4, 0.5) is 0 Å². The monoisotopic (exact) mass is 406 g/mol. The van der Waals surface area contributed by atoms with E-state index in [0.717, 1.165) is 49.6 Å². The number of rotatable bonds is 9. The van der Waals surface area contributed by atoms with Gasteiger partial charge in [0, 0.05) is 31.2 Å². The summed E-state index contributed by atoms with van der Waals surface area (Å²) >= 11 is 0. The molecule has 4 heteroatoms. The lowest BCUT2D eigenvalue weighted by atomic mass is 10.1. The lowest BCUT2D eigenvalue weighted by molar-refractivity contribution is 0.0737. The summed E-state index contributed by atoms with van der Waals surface area (Å²) in [6, 6.07) is 15.1. The Hall–Kier alpha value is -2.33. The fraction of sp³-hybridized carbons (Fsp3) is 0.500. The fourth-order valence-electron chi connectivity index (χ4n) is 4.03. The largest absolute Gasteiger partial charge is 0.493 e. The van der Waals surface area contributed by atoms with E-state index in [0.29, 0.717) is 6.04 Å². The highest BCUT2D eigenvalue weighted by Crippen LogP contribution is 2.30. The van der Waals surface area contributed by atoms with Gasteiger partial charge in [0.2, 0.25) is 0 Å². The molecule has 2 aromatic carbocycles. The van der Waals surface area contributed by atoms with Crippen molar-refractivity contribution in [3.63, 3.8) is 0 Å². The van der Waals surface area contributed by atoms with Crippen molar-refractivity contribution in [2.45, 2.75) is 64.6 Å². The molecule has 0 spiro atoms. The van der Waals surface area contributed by atoms with Crippen LogP contribution in [-0.4, -0.2) is 36.5 Å². The number of carbonyl (C=O) groups excluding carboxylic acids is 1. The molecule has 0 heterocycles. The summed E-state index contributed by atoms with van der Waals surface area (Å²) in [6.07, 6.45) is 5.55. The molecule has 0 saturated heterocycles. The Morgan fingerprint density at radius 1 is 1.13 bits per heavy atom. The van der Waals surface area contributed by atoms with Gasteiger partial charge < -0.3 is 15.0 Å². The number of benzene rings is 2. The molecular weight excluding hydrogens is 372 g/mol. The molecule has 0 aromatic heterocycles. The topological polar surface area (TPSA) is 41.6 Å². The van der Waals surface area contributed by atoms with E-state index in [4.69, 9.17) is 4.74 Å². The van der Waals surface area contributed by atoms with Crippen molar-refractivity contribution in [2.24, 2.45) is 5.92 Å². The minimum atomic E-state index is 0.0835. The minimum absolute atomic E-state index is 0.0835. The van der Waals surface area contributed by atoms with Gasteiger partial charge in [0.1, 0.15) is 5.75 Å². The van der Waals surface area contributed by atoms with Gasteiger partial charge in [-0.05, 0) is 85.9 Å². The number of nitrogens with zero attached hydrogens (tertiary/aromatic N) is 1. The van der Waals surface area contributed by atoms with Crippen LogP contribution in [0.1, 0.15) is 60.2 Å². The molecule has 0 bridgehead atoms. The van der Waals surface area contributed by atoms with Gasteiger partial charge in [0.05, 0.1) is 6.61 Å². The van der Waals surface area contributed by atoms with Gasteiger partial charge in [-0.2, -0.15) is 0 Å². The molecule has 4 nitrogen and oxygen atoms in total. The van der Waals surface area contributed by atoms with Crippen LogP contribution in [0.25, 0.3) is 0 Å². The van der Waals surface area contributed by atoms with Crippen molar-refractivity contribution in [3.8, 4) is 5.75 Å². The van der Waals surface area contributed by atoms with Crippen molar-refractivity contribution in [3.05, 3.63) is 64.7 Å². The smallest absolute Gasteiger partial charge is 0.253 e. The molecule has 2 aromatic rings. The quantitative estimate of drug-likeness (QED) is 0.662. The zero-order valence-corrected chi connectivity index (χ0v) is 18.5. The van der Waals surface area contributed by atoms with Gasteiger partial charge in [-0.25, -0.2) is 0 Å². The predicted molar refractivity (Wildman–Crippen MR) is 121 cm³/mol. The van der Waals surface area contributed by atoms with Crippen molar-refractivity contribution < 1.29 is 9.53 Å². The molecular formula is C26H34N2O2. The van der Waals surface area contributed by atoms with Crippen LogP contribution in [0.2, 0.25) is 0 Å². The molecule has 30 heavy (non-hydrogen) atoms. The van der Waals surface area contributed by atoms with Crippen LogP contribution < -0.4 is 10.1 Å². The first-order valence-electron chi connectivity index (χ1n) is 11.4. The minimum Gasteiger partial charge on any atom is -0.493 e. The molecule has 2 aliphatic carbocycles. The van der Waals surface area contributed by atoms with Crippen molar-refractivity contribution in [1.82, 2.24) is 10.2 Å². The van der Waals surface area contributed by atoms with Gasteiger partial charge in [0.15, 0.2) is 0 Å². The van der Waals surface area contributed by atoms with Gasteiger partial charge in [-0.15, -0.1) is 0 Å². The molecule has 4 rings (SSSR count). The van der Waals surface area contributed by atoms with Crippen molar-refractivity contribution in [1.29, 1.82) is 0 Å². The summed E-state index contributed by atoms with van der Waals surface area (Å²) in [7, 11) is 1.93. The number of amides is 1. The van der Waals surface area contributed by atoms with Gasteiger partial charge >= 0.3 is 0 Å². The van der Waals surface area contributed by atoms with E-state index >= 15 is 0 Å². The van der Waals surface area contributed by atoms with Gasteiger partial charge in [-0.3, -0.25) is 4.79 Å². The predicted octanol–water partition coefficient (Wildman–Crippen LogP) is 4.60. The molecule has 0 radical (unpaired) electrons. The summed E-state index contributed by atoms with van der Waals surface area (Å²) < 4.78 is 5.79. The Morgan fingerprint density at radius 3 is 2.57 bits per heavy atom. The van der Waals surface area contributed by atoms with Crippen LogP contribution in [-0.2, 0) is 19.4 Å². The zero-order valence-electron chi connectivity index (χ0n) is 18.5. The Labute approximate surface area is 180 Å². The summed E-state index contributed by atoms with van der Waals surface area (Å²) in [4.78, 5) is 14.9. The van der Waals surface area contributed by atoms with Crippen LogP contribution in [0.5, 0.6) is 5.75 Å². The molecule has 1 saturated carbocycles. The van der Waals surface area contributed by atoms with E-state index in [1.54, 1.807) is 0 Å². The number of fused-ring (bicyclic) bond motifs is 1. The van der Waals surface area contributed by atoms with E-state index in [-0.39, 0.29) is 11.9 Å².